The smallest absolute Gasteiger partial charge is 0.276 e. The summed E-state index contributed by atoms with van der Waals surface area (Å²) < 4.78 is 5.60. The molecule has 2 amide bonds. The minimum absolute atomic E-state index is 0.123. The molecule has 0 spiro atoms. The summed E-state index contributed by atoms with van der Waals surface area (Å²) in [5.74, 6) is 0.507. The first-order valence-electron chi connectivity index (χ1n) is 11.8. The summed E-state index contributed by atoms with van der Waals surface area (Å²) in [4.78, 5) is 23.8. The molecule has 0 radical (unpaired) electrons. The van der Waals surface area contributed by atoms with Gasteiger partial charge >= 0.3 is 0 Å². The van der Waals surface area contributed by atoms with Crippen molar-refractivity contribution in [3.8, 4) is 5.75 Å². The summed E-state index contributed by atoms with van der Waals surface area (Å²) in [7, 11) is 0. The molecule has 2 N–H and O–H groups in total. The number of para-hydroxylation sites is 1. The third-order valence-corrected chi connectivity index (χ3v) is 5.25. The van der Waals surface area contributed by atoms with Gasteiger partial charge in [0.2, 0.25) is 5.91 Å². The van der Waals surface area contributed by atoms with Gasteiger partial charge in [0.05, 0.1) is 0 Å². The van der Waals surface area contributed by atoms with E-state index in [2.05, 4.69) is 31.6 Å². The van der Waals surface area contributed by atoms with Crippen LogP contribution in [0.25, 0.3) is 0 Å². The lowest BCUT2D eigenvalue weighted by atomic mass is 10.0. The quantitative estimate of drug-likeness (QED) is 0.254. The molecule has 1 aromatic rings. The highest BCUT2D eigenvalue weighted by molar-refractivity contribution is 5.82. The molecular formula is C25H42N2O3. The van der Waals surface area contributed by atoms with Gasteiger partial charge in [0, 0.05) is 6.42 Å². The molecule has 0 saturated heterocycles. The first-order chi connectivity index (χ1) is 14.5. The molecule has 0 bridgehead atoms. The second kappa shape index (κ2) is 16.7. The van der Waals surface area contributed by atoms with Crippen molar-refractivity contribution >= 4 is 11.8 Å². The average molecular weight is 419 g/mol. The molecule has 170 valence electrons. The van der Waals surface area contributed by atoms with E-state index < -0.39 is 0 Å². The summed E-state index contributed by atoms with van der Waals surface area (Å²) in [5.41, 5.74) is 5.96. The Morgan fingerprint density at radius 1 is 0.800 bits per heavy atom. The summed E-state index contributed by atoms with van der Waals surface area (Å²) >= 11 is 0. The fraction of sp³-hybridized carbons (Fsp3) is 0.680. The zero-order valence-corrected chi connectivity index (χ0v) is 19.3. The molecule has 1 rings (SSSR count). The molecule has 0 unspecified atom stereocenters. The Morgan fingerprint density at radius 2 is 1.33 bits per heavy atom. The van der Waals surface area contributed by atoms with Crippen molar-refractivity contribution in [3.05, 3.63) is 29.8 Å². The van der Waals surface area contributed by atoms with Crippen LogP contribution in [0.15, 0.2) is 24.3 Å². The molecule has 0 aliphatic carbocycles. The van der Waals surface area contributed by atoms with Gasteiger partial charge in [0.25, 0.3) is 5.91 Å². The fourth-order valence-corrected chi connectivity index (χ4v) is 3.42. The van der Waals surface area contributed by atoms with E-state index in [0.29, 0.717) is 18.1 Å². The Kier molecular flexibility index (Phi) is 14.5. The second-order valence-electron chi connectivity index (χ2n) is 8.36. The number of rotatable bonds is 16. The number of amides is 2. The molecule has 30 heavy (non-hydrogen) atoms. The second-order valence-corrected chi connectivity index (χ2v) is 8.36. The van der Waals surface area contributed by atoms with Crippen molar-refractivity contribution in [1.82, 2.24) is 10.9 Å². The van der Waals surface area contributed by atoms with E-state index in [0.717, 1.165) is 18.4 Å². The zero-order chi connectivity index (χ0) is 22.0. The molecule has 0 atom stereocenters. The minimum atomic E-state index is -0.360. The Morgan fingerprint density at radius 3 is 1.93 bits per heavy atom. The van der Waals surface area contributed by atoms with Crippen molar-refractivity contribution in [3.63, 3.8) is 0 Å². The topological polar surface area (TPSA) is 67.4 Å². The number of unbranched alkanes of at least 4 members (excludes halogenated alkanes) is 10. The van der Waals surface area contributed by atoms with Crippen LogP contribution in [0, 0.1) is 0 Å². The number of hydrazine groups is 1. The summed E-state index contributed by atoms with van der Waals surface area (Å²) in [6.07, 6.45) is 14.2. The van der Waals surface area contributed by atoms with Gasteiger partial charge in [-0.05, 0) is 24.0 Å². The SMILES string of the molecule is CCCCCCCCCCCCCC(=O)NNC(=O)COc1ccccc1C(C)C. The third kappa shape index (κ3) is 12.5. The van der Waals surface area contributed by atoms with Crippen LogP contribution >= 0.6 is 0 Å². The predicted octanol–water partition coefficient (Wildman–Crippen LogP) is 6.04. The number of hydrogen-bond donors (Lipinski definition) is 2. The maximum Gasteiger partial charge on any atom is 0.276 e. The number of carbonyl (C=O) groups is 2. The molecule has 5 heteroatoms. The molecule has 0 heterocycles. The van der Waals surface area contributed by atoms with Gasteiger partial charge in [-0.15, -0.1) is 0 Å². The highest BCUT2D eigenvalue weighted by atomic mass is 16.5. The molecular weight excluding hydrogens is 376 g/mol. The Labute approximate surface area is 183 Å². The van der Waals surface area contributed by atoms with Crippen molar-refractivity contribution in [2.24, 2.45) is 0 Å². The monoisotopic (exact) mass is 418 g/mol. The maximum atomic E-state index is 11.9. The van der Waals surface area contributed by atoms with Gasteiger partial charge < -0.3 is 4.74 Å². The molecule has 0 saturated carbocycles. The lowest BCUT2D eigenvalue weighted by Gasteiger charge is -2.14. The van der Waals surface area contributed by atoms with Crippen LogP contribution in [-0.2, 0) is 9.59 Å². The van der Waals surface area contributed by atoms with Crippen molar-refractivity contribution in [2.75, 3.05) is 6.61 Å². The number of carbonyl (C=O) groups excluding carboxylic acids is 2. The molecule has 0 aliphatic rings. The number of benzene rings is 1. The standard InChI is InChI=1S/C25H42N2O3/c1-4-5-6-7-8-9-10-11-12-13-14-19-24(28)26-27-25(29)20-30-23-18-16-15-17-22(23)21(2)3/h15-18,21H,4-14,19-20H2,1-3H3,(H,26,28)(H,27,29). The Bertz CT molecular complexity index is 602. The molecule has 5 nitrogen and oxygen atoms in total. The van der Waals surface area contributed by atoms with Crippen LogP contribution in [0.4, 0.5) is 0 Å². The molecule has 0 fully saturated rings. The van der Waals surface area contributed by atoms with Gasteiger partial charge in [0.15, 0.2) is 6.61 Å². The average Bonchev–Trinajstić information content (AvgIpc) is 2.74. The van der Waals surface area contributed by atoms with Crippen molar-refractivity contribution in [2.45, 2.75) is 104 Å². The summed E-state index contributed by atoms with van der Waals surface area (Å²) in [6, 6.07) is 7.69. The third-order valence-electron chi connectivity index (χ3n) is 5.25. The van der Waals surface area contributed by atoms with Crippen LogP contribution in [0.5, 0.6) is 5.75 Å². The summed E-state index contributed by atoms with van der Waals surface area (Å²) in [5, 5.41) is 0. The first-order valence-corrected chi connectivity index (χ1v) is 11.8. The van der Waals surface area contributed by atoms with E-state index in [1.54, 1.807) is 0 Å². The van der Waals surface area contributed by atoms with E-state index in [-0.39, 0.29) is 18.4 Å². The van der Waals surface area contributed by atoms with Gasteiger partial charge in [0.1, 0.15) is 5.75 Å². The normalized spacial score (nSPS) is 10.8. The Hall–Kier alpha value is -2.04. The van der Waals surface area contributed by atoms with Crippen LogP contribution in [0.3, 0.4) is 0 Å². The van der Waals surface area contributed by atoms with Crippen molar-refractivity contribution < 1.29 is 14.3 Å². The van der Waals surface area contributed by atoms with Crippen LogP contribution in [-0.4, -0.2) is 18.4 Å². The molecule has 1 aromatic carbocycles. The van der Waals surface area contributed by atoms with E-state index in [1.807, 2.05) is 24.3 Å². The van der Waals surface area contributed by atoms with Gasteiger partial charge in [-0.3, -0.25) is 20.4 Å². The van der Waals surface area contributed by atoms with Crippen LogP contribution < -0.4 is 15.6 Å². The minimum Gasteiger partial charge on any atom is -0.483 e. The van der Waals surface area contributed by atoms with E-state index in [1.165, 1.54) is 57.8 Å². The van der Waals surface area contributed by atoms with Gasteiger partial charge in [-0.1, -0.05) is 103 Å². The largest absolute Gasteiger partial charge is 0.483 e. The van der Waals surface area contributed by atoms with Crippen LogP contribution in [0.2, 0.25) is 0 Å². The maximum absolute atomic E-state index is 11.9. The fourth-order valence-electron chi connectivity index (χ4n) is 3.42. The Balaban J connectivity index is 2.02. The lowest BCUT2D eigenvalue weighted by molar-refractivity contribution is -0.130. The van der Waals surface area contributed by atoms with E-state index in [9.17, 15) is 9.59 Å². The zero-order valence-electron chi connectivity index (χ0n) is 19.3. The highest BCUT2D eigenvalue weighted by Gasteiger charge is 2.10. The number of nitrogens with one attached hydrogen (secondary N) is 2. The molecule has 0 aromatic heterocycles. The number of hydrogen-bond acceptors (Lipinski definition) is 3. The molecule has 0 aliphatic heterocycles. The lowest BCUT2D eigenvalue weighted by Crippen LogP contribution is -2.43. The summed E-state index contributed by atoms with van der Waals surface area (Å²) in [6.45, 7) is 6.29. The van der Waals surface area contributed by atoms with E-state index in [4.69, 9.17) is 4.74 Å². The van der Waals surface area contributed by atoms with E-state index >= 15 is 0 Å². The van der Waals surface area contributed by atoms with Gasteiger partial charge in [-0.25, -0.2) is 0 Å². The number of ether oxygens (including phenoxy) is 1. The first kappa shape index (κ1) is 26.0. The predicted molar refractivity (Wildman–Crippen MR) is 123 cm³/mol. The van der Waals surface area contributed by atoms with Crippen molar-refractivity contribution in [1.29, 1.82) is 0 Å². The highest BCUT2D eigenvalue weighted by Crippen LogP contribution is 2.25. The van der Waals surface area contributed by atoms with Crippen LogP contribution in [0.1, 0.15) is 109 Å². The van der Waals surface area contributed by atoms with Gasteiger partial charge in [-0.2, -0.15) is 0 Å².